The average Bonchev–Trinajstić information content (AvgIpc) is 3.34. The molecule has 0 heterocycles. The molecule has 0 aliphatic heterocycles. The van der Waals surface area contributed by atoms with Crippen molar-refractivity contribution in [2.45, 2.75) is 32.3 Å². The van der Waals surface area contributed by atoms with E-state index in [1.807, 2.05) is 24.3 Å². The summed E-state index contributed by atoms with van der Waals surface area (Å²) in [5.41, 5.74) is 1.96. The van der Waals surface area contributed by atoms with Gasteiger partial charge in [-0.1, -0.05) is 12.1 Å². The fraction of sp³-hybridized carbons (Fsp3) is 0.588. The minimum Gasteiger partial charge on any atom is -0.376 e. The number of carbonyl (C=O) groups excluding carboxylic acids is 1. The molecule has 0 atom stereocenters. The van der Waals surface area contributed by atoms with Crippen LogP contribution in [0.25, 0.3) is 0 Å². The Bertz CT molecular complexity index is 481. The van der Waals surface area contributed by atoms with Gasteiger partial charge in [0.2, 0.25) is 5.91 Å². The highest BCUT2D eigenvalue weighted by atomic mass is 16.5. The zero-order chi connectivity index (χ0) is 14.5. The van der Waals surface area contributed by atoms with E-state index in [0.29, 0.717) is 13.2 Å². The maximum atomic E-state index is 11.8. The van der Waals surface area contributed by atoms with Gasteiger partial charge in [0.15, 0.2) is 0 Å². The van der Waals surface area contributed by atoms with Gasteiger partial charge in [0.1, 0.15) is 0 Å². The van der Waals surface area contributed by atoms with Gasteiger partial charge in [0.05, 0.1) is 13.2 Å². The Hall–Kier alpha value is -1.39. The van der Waals surface area contributed by atoms with Crippen molar-refractivity contribution in [2.75, 3.05) is 25.0 Å². The van der Waals surface area contributed by atoms with Gasteiger partial charge in [0.25, 0.3) is 0 Å². The average molecular weight is 288 g/mol. The van der Waals surface area contributed by atoms with Gasteiger partial charge in [-0.25, -0.2) is 0 Å². The van der Waals surface area contributed by atoms with Crippen LogP contribution in [0.2, 0.25) is 0 Å². The van der Waals surface area contributed by atoms with Crippen molar-refractivity contribution < 1.29 is 9.53 Å². The summed E-state index contributed by atoms with van der Waals surface area (Å²) in [6.07, 6.45) is 5.23. The summed E-state index contributed by atoms with van der Waals surface area (Å²) in [5.74, 6) is 1.60. The van der Waals surface area contributed by atoms with Gasteiger partial charge in [0, 0.05) is 12.3 Å². The first kappa shape index (κ1) is 14.5. The minimum absolute atomic E-state index is 0.0201. The standard InChI is InChI=1S/C17H24N2O2/c20-17(10-18-9-13-4-5-13)19-16-3-1-2-15(8-16)12-21-11-14-6-7-14/h1-3,8,13-14,18H,4-7,9-12H2,(H,19,20). The van der Waals surface area contributed by atoms with Crippen molar-refractivity contribution in [3.05, 3.63) is 29.8 Å². The highest BCUT2D eigenvalue weighted by Gasteiger charge is 2.21. The van der Waals surface area contributed by atoms with E-state index in [2.05, 4.69) is 10.6 Å². The molecular weight excluding hydrogens is 264 g/mol. The van der Waals surface area contributed by atoms with Crippen LogP contribution in [0.3, 0.4) is 0 Å². The number of rotatable bonds is 9. The summed E-state index contributed by atoms with van der Waals surface area (Å²) in [6.45, 7) is 2.84. The number of nitrogens with one attached hydrogen (secondary N) is 2. The predicted octanol–water partition coefficient (Wildman–Crippen LogP) is 2.55. The maximum absolute atomic E-state index is 11.8. The predicted molar refractivity (Wildman–Crippen MR) is 83.0 cm³/mol. The molecule has 0 spiro atoms. The number of carbonyl (C=O) groups is 1. The van der Waals surface area contributed by atoms with E-state index >= 15 is 0 Å². The highest BCUT2D eigenvalue weighted by molar-refractivity contribution is 5.92. The van der Waals surface area contributed by atoms with E-state index in [-0.39, 0.29) is 5.91 Å². The van der Waals surface area contributed by atoms with Crippen LogP contribution in [0.1, 0.15) is 31.2 Å². The molecule has 21 heavy (non-hydrogen) atoms. The second-order valence-electron chi connectivity index (χ2n) is 6.28. The van der Waals surface area contributed by atoms with Crippen molar-refractivity contribution >= 4 is 11.6 Å². The highest BCUT2D eigenvalue weighted by Crippen LogP contribution is 2.29. The number of benzene rings is 1. The number of amides is 1. The largest absolute Gasteiger partial charge is 0.376 e. The third-order valence-electron chi connectivity index (χ3n) is 3.95. The molecule has 0 unspecified atom stereocenters. The van der Waals surface area contributed by atoms with Gasteiger partial charge in [-0.05, 0) is 61.8 Å². The Balaban J connectivity index is 1.39. The summed E-state index contributed by atoms with van der Waals surface area (Å²) in [7, 11) is 0. The molecule has 1 aromatic rings. The van der Waals surface area contributed by atoms with E-state index in [4.69, 9.17) is 4.74 Å². The first-order valence-corrected chi connectivity index (χ1v) is 7.97. The van der Waals surface area contributed by atoms with Crippen LogP contribution in [0.4, 0.5) is 5.69 Å². The van der Waals surface area contributed by atoms with Crippen molar-refractivity contribution in [3.63, 3.8) is 0 Å². The maximum Gasteiger partial charge on any atom is 0.238 e. The first-order chi connectivity index (χ1) is 10.3. The summed E-state index contributed by atoms with van der Waals surface area (Å²) < 4.78 is 5.68. The van der Waals surface area contributed by atoms with Crippen LogP contribution in [0, 0.1) is 11.8 Å². The van der Waals surface area contributed by atoms with Crippen molar-refractivity contribution in [2.24, 2.45) is 11.8 Å². The smallest absolute Gasteiger partial charge is 0.238 e. The zero-order valence-corrected chi connectivity index (χ0v) is 12.4. The molecule has 2 fully saturated rings. The molecule has 0 bridgehead atoms. The van der Waals surface area contributed by atoms with Crippen molar-refractivity contribution in [3.8, 4) is 0 Å². The Morgan fingerprint density at radius 3 is 2.76 bits per heavy atom. The molecule has 0 saturated heterocycles. The first-order valence-electron chi connectivity index (χ1n) is 7.97. The monoisotopic (exact) mass is 288 g/mol. The van der Waals surface area contributed by atoms with Crippen LogP contribution < -0.4 is 10.6 Å². The van der Waals surface area contributed by atoms with E-state index in [1.54, 1.807) is 0 Å². The van der Waals surface area contributed by atoms with Crippen LogP contribution in [-0.4, -0.2) is 25.6 Å². The topological polar surface area (TPSA) is 50.4 Å². The summed E-state index contributed by atoms with van der Waals surface area (Å²) in [6, 6.07) is 7.91. The number of ether oxygens (including phenoxy) is 1. The van der Waals surface area contributed by atoms with Gasteiger partial charge >= 0.3 is 0 Å². The van der Waals surface area contributed by atoms with Crippen LogP contribution in [0.15, 0.2) is 24.3 Å². The molecule has 0 radical (unpaired) electrons. The number of hydrogen-bond acceptors (Lipinski definition) is 3. The molecule has 3 rings (SSSR count). The van der Waals surface area contributed by atoms with Crippen LogP contribution in [-0.2, 0) is 16.1 Å². The third kappa shape index (κ3) is 5.48. The van der Waals surface area contributed by atoms with Gasteiger partial charge in [-0.2, -0.15) is 0 Å². The molecule has 2 aliphatic carbocycles. The molecule has 114 valence electrons. The lowest BCUT2D eigenvalue weighted by Gasteiger charge is -2.09. The second kappa shape index (κ2) is 7.05. The molecule has 2 saturated carbocycles. The van der Waals surface area contributed by atoms with E-state index in [9.17, 15) is 4.79 Å². The Kier molecular flexibility index (Phi) is 4.88. The normalized spacial score (nSPS) is 17.7. The minimum atomic E-state index is 0.0201. The van der Waals surface area contributed by atoms with E-state index in [1.165, 1.54) is 25.7 Å². The molecule has 1 amide bonds. The molecule has 2 N–H and O–H groups in total. The molecule has 1 aromatic carbocycles. The summed E-state index contributed by atoms with van der Waals surface area (Å²) in [5, 5.41) is 6.13. The molecular formula is C17H24N2O2. The second-order valence-corrected chi connectivity index (χ2v) is 6.28. The Labute approximate surface area is 126 Å². The lowest BCUT2D eigenvalue weighted by atomic mass is 10.2. The molecule has 2 aliphatic rings. The van der Waals surface area contributed by atoms with Crippen molar-refractivity contribution in [1.29, 1.82) is 0 Å². The molecule has 4 heteroatoms. The van der Waals surface area contributed by atoms with Gasteiger partial charge in [-0.15, -0.1) is 0 Å². The van der Waals surface area contributed by atoms with Gasteiger partial charge in [-0.3, -0.25) is 4.79 Å². The molecule has 4 nitrogen and oxygen atoms in total. The Morgan fingerprint density at radius 2 is 2.00 bits per heavy atom. The SMILES string of the molecule is O=C(CNCC1CC1)Nc1cccc(COCC2CC2)c1. The lowest BCUT2D eigenvalue weighted by molar-refractivity contribution is -0.115. The molecule has 0 aromatic heterocycles. The van der Waals surface area contributed by atoms with Crippen molar-refractivity contribution in [1.82, 2.24) is 5.32 Å². The van der Waals surface area contributed by atoms with E-state index < -0.39 is 0 Å². The quantitative estimate of drug-likeness (QED) is 0.734. The number of hydrogen-bond donors (Lipinski definition) is 2. The zero-order valence-electron chi connectivity index (χ0n) is 12.4. The summed E-state index contributed by atoms with van der Waals surface area (Å²) >= 11 is 0. The third-order valence-corrected chi connectivity index (χ3v) is 3.95. The fourth-order valence-corrected chi connectivity index (χ4v) is 2.28. The van der Waals surface area contributed by atoms with E-state index in [0.717, 1.165) is 36.2 Å². The fourth-order valence-electron chi connectivity index (χ4n) is 2.28. The van der Waals surface area contributed by atoms with Crippen LogP contribution in [0.5, 0.6) is 0 Å². The van der Waals surface area contributed by atoms with Crippen LogP contribution >= 0.6 is 0 Å². The number of anilines is 1. The lowest BCUT2D eigenvalue weighted by Crippen LogP contribution is -2.29. The Morgan fingerprint density at radius 1 is 1.19 bits per heavy atom. The van der Waals surface area contributed by atoms with Gasteiger partial charge < -0.3 is 15.4 Å². The summed E-state index contributed by atoms with van der Waals surface area (Å²) in [4.78, 5) is 11.8.